The van der Waals surface area contributed by atoms with E-state index >= 15 is 0 Å². The first kappa shape index (κ1) is 22.1. The summed E-state index contributed by atoms with van der Waals surface area (Å²) >= 11 is 4.37. The summed E-state index contributed by atoms with van der Waals surface area (Å²) < 4.78 is 25.0. The largest absolute Gasteiger partial charge is 0.493 e. The molecule has 0 atom stereocenters. The smallest absolute Gasteiger partial charge is 0.298 e. The van der Waals surface area contributed by atoms with Gasteiger partial charge in [0.05, 0.1) is 22.2 Å². The first-order chi connectivity index (χ1) is 15.5. The number of imide groups is 1. The molecule has 0 aromatic heterocycles. The van der Waals surface area contributed by atoms with Gasteiger partial charge in [-0.1, -0.05) is 30.3 Å². The van der Waals surface area contributed by atoms with Crippen molar-refractivity contribution in [1.29, 1.82) is 0 Å². The minimum atomic E-state index is -0.377. The fourth-order valence-corrected chi connectivity index (χ4v) is 4.53. The molecule has 32 heavy (non-hydrogen) atoms. The molecule has 1 aliphatic rings. The van der Waals surface area contributed by atoms with Crippen LogP contribution in [0.1, 0.15) is 11.1 Å². The number of hydrogen-bond acceptors (Lipinski definition) is 5. The average Bonchev–Trinajstić information content (AvgIpc) is 3.07. The number of amides is 2. The number of halogens is 2. The van der Waals surface area contributed by atoms with Gasteiger partial charge in [0.15, 0.2) is 11.5 Å². The summed E-state index contributed by atoms with van der Waals surface area (Å²) in [4.78, 5) is 26.7. The number of para-hydroxylation sites is 1. The molecule has 3 aromatic rings. The number of anilines is 1. The fourth-order valence-electron chi connectivity index (χ4n) is 3.12. The molecule has 162 valence electrons. The highest BCUT2D eigenvalue weighted by molar-refractivity contribution is 9.10. The van der Waals surface area contributed by atoms with Crippen LogP contribution in [0.15, 0.2) is 76.1 Å². The number of benzene rings is 3. The second-order valence-corrected chi connectivity index (χ2v) is 8.65. The molecule has 0 N–H and O–H groups in total. The van der Waals surface area contributed by atoms with Crippen LogP contribution in [-0.2, 0) is 11.4 Å². The van der Waals surface area contributed by atoms with E-state index in [2.05, 4.69) is 15.9 Å². The normalized spacial score (nSPS) is 14.8. The molecular weight excluding hydrogens is 497 g/mol. The maximum Gasteiger partial charge on any atom is 0.298 e. The summed E-state index contributed by atoms with van der Waals surface area (Å²) in [6.07, 6.45) is 1.64. The quantitative estimate of drug-likeness (QED) is 0.356. The zero-order valence-electron chi connectivity index (χ0n) is 16.9. The molecule has 0 aliphatic carbocycles. The predicted octanol–water partition coefficient (Wildman–Crippen LogP) is 6.42. The van der Waals surface area contributed by atoms with Crippen LogP contribution in [0, 0.1) is 5.82 Å². The van der Waals surface area contributed by atoms with E-state index in [1.807, 2.05) is 6.07 Å². The van der Waals surface area contributed by atoms with Crippen molar-refractivity contribution >= 4 is 50.6 Å². The Morgan fingerprint density at radius 2 is 1.78 bits per heavy atom. The average molecular weight is 514 g/mol. The van der Waals surface area contributed by atoms with Crippen LogP contribution < -0.4 is 14.4 Å². The van der Waals surface area contributed by atoms with E-state index in [1.165, 1.54) is 19.2 Å². The number of nitrogens with zero attached hydrogens (tertiary/aromatic N) is 1. The van der Waals surface area contributed by atoms with E-state index < -0.39 is 0 Å². The summed E-state index contributed by atoms with van der Waals surface area (Å²) in [5.41, 5.74) is 2.00. The SMILES string of the molecule is COc1cc(/C=C2\SC(=O)N(c3ccccc3)C2=O)cc(Br)c1OCc1ccc(F)cc1. The first-order valence-electron chi connectivity index (χ1n) is 9.54. The number of rotatable bonds is 6. The third-order valence-corrected chi connectivity index (χ3v) is 6.11. The Balaban J connectivity index is 1.57. The van der Waals surface area contributed by atoms with E-state index in [0.29, 0.717) is 32.1 Å². The van der Waals surface area contributed by atoms with Crippen LogP contribution in [-0.4, -0.2) is 18.3 Å². The lowest BCUT2D eigenvalue weighted by Crippen LogP contribution is -2.27. The second kappa shape index (κ2) is 9.58. The maximum absolute atomic E-state index is 13.1. The molecule has 1 aliphatic heterocycles. The molecule has 3 aromatic carbocycles. The van der Waals surface area contributed by atoms with Crippen molar-refractivity contribution < 1.29 is 23.5 Å². The Morgan fingerprint density at radius 3 is 2.47 bits per heavy atom. The number of carbonyl (C=O) groups excluding carboxylic acids is 2. The van der Waals surface area contributed by atoms with Crippen LogP contribution in [0.5, 0.6) is 11.5 Å². The van der Waals surface area contributed by atoms with Crippen LogP contribution in [0.3, 0.4) is 0 Å². The fraction of sp³-hybridized carbons (Fsp3) is 0.0833. The molecule has 0 saturated carbocycles. The van der Waals surface area contributed by atoms with Crippen LogP contribution in [0.25, 0.3) is 6.08 Å². The molecule has 0 bridgehead atoms. The minimum absolute atomic E-state index is 0.227. The summed E-state index contributed by atoms with van der Waals surface area (Å²) in [6.45, 7) is 0.227. The van der Waals surface area contributed by atoms with Crippen molar-refractivity contribution in [1.82, 2.24) is 0 Å². The third-order valence-electron chi connectivity index (χ3n) is 4.65. The molecule has 1 heterocycles. The number of ether oxygens (including phenoxy) is 2. The summed E-state index contributed by atoms with van der Waals surface area (Å²) in [5, 5.41) is -0.349. The zero-order valence-corrected chi connectivity index (χ0v) is 19.3. The Kier molecular flexibility index (Phi) is 6.62. The summed E-state index contributed by atoms with van der Waals surface area (Å²) in [7, 11) is 1.51. The van der Waals surface area contributed by atoms with Gasteiger partial charge in [-0.3, -0.25) is 9.59 Å². The molecule has 4 rings (SSSR count). The number of hydrogen-bond donors (Lipinski definition) is 0. The molecule has 1 fully saturated rings. The van der Waals surface area contributed by atoms with Crippen LogP contribution in [0.4, 0.5) is 14.9 Å². The first-order valence-corrected chi connectivity index (χ1v) is 11.1. The highest BCUT2D eigenvalue weighted by Gasteiger charge is 2.36. The van der Waals surface area contributed by atoms with Gasteiger partial charge >= 0.3 is 0 Å². The third kappa shape index (κ3) is 4.71. The van der Waals surface area contributed by atoms with Gasteiger partial charge < -0.3 is 9.47 Å². The molecule has 2 amide bonds. The Hall–Kier alpha value is -3.10. The monoisotopic (exact) mass is 513 g/mol. The molecule has 0 spiro atoms. The van der Waals surface area contributed by atoms with Gasteiger partial charge in [0.1, 0.15) is 12.4 Å². The Labute approximate surface area is 197 Å². The molecule has 5 nitrogen and oxygen atoms in total. The number of thioether (sulfide) groups is 1. The van der Waals surface area contributed by atoms with Gasteiger partial charge in [0, 0.05) is 0 Å². The van der Waals surface area contributed by atoms with E-state index in [4.69, 9.17) is 9.47 Å². The highest BCUT2D eigenvalue weighted by Crippen LogP contribution is 2.40. The van der Waals surface area contributed by atoms with Crippen LogP contribution >= 0.6 is 27.7 Å². The Bertz CT molecular complexity index is 1200. The lowest BCUT2D eigenvalue weighted by molar-refractivity contribution is -0.113. The molecule has 8 heteroatoms. The Morgan fingerprint density at radius 1 is 1.06 bits per heavy atom. The van der Waals surface area contributed by atoms with Gasteiger partial charge in [0.2, 0.25) is 0 Å². The van der Waals surface area contributed by atoms with E-state index in [0.717, 1.165) is 22.2 Å². The van der Waals surface area contributed by atoms with E-state index in [1.54, 1.807) is 54.6 Å². The van der Waals surface area contributed by atoms with Gasteiger partial charge in [-0.15, -0.1) is 0 Å². The standard InChI is InChI=1S/C24H17BrFNO4S/c1-30-20-12-16(11-19(25)22(20)31-14-15-7-9-17(26)10-8-15)13-21-23(28)27(24(29)32-21)18-5-3-2-4-6-18/h2-13H,14H2,1H3/b21-13-. The van der Waals surface area contributed by atoms with E-state index in [-0.39, 0.29) is 23.6 Å². The van der Waals surface area contributed by atoms with Crippen molar-refractivity contribution in [3.63, 3.8) is 0 Å². The summed E-state index contributed by atoms with van der Waals surface area (Å²) in [6, 6.07) is 18.3. The highest BCUT2D eigenvalue weighted by atomic mass is 79.9. The van der Waals surface area contributed by atoms with Gasteiger partial charge in [-0.2, -0.15) is 0 Å². The van der Waals surface area contributed by atoms with Crippen molar-refractivity contribution in [3.8, 4) is 11.5 Å². The lowest BCUT2D eigenvalue weighted by atomic mass is 10.1. The van der Waals surface area contributed by atoms with Crippen molar-refractivity contribution in [2.45, 2.75) is 6.61 Å². The van der Waals surface area contributed by atoms with Gasteiger partial charge in [0.25, 0.3) is 11.1 Å². The second-order valence-electron chi connectivity index (χ2n) is 6.80. The topological polar surface area (TPSA) is 55.8 Å². The van der Waals surface area contributed by atoms with Crippen molar-refractivity contribution in [2.75, 3.05) is 12.0 Å². The molecule has 0 radical (unpaired) electrons. The molecule has 1 saturated heterocycles. The van der Waals surface area contributed by atoms with Crippen LogP contribution in [0.2, 0.25) is 0 Å². The lowest BCUT2D eigenvalue weighted by Gasteiger charge is -2.14. The number of methoxy groups -OCH3 is 1. The molecular formula is C24H17BrFNO4S. The minimum Gasteiger partial charge on any atom is -0.493 e. The van der Waals surface area contributed by atoms with Crippen molar-refractivity contribution in [2.24, 2.45) is 0 Å². The predicted molar refractivity (Wildman–Crippen MR) is 126 cm³/mol. The molecule has 0 unspecified atom stereocenters. The number of carbonyl (C=O) groups is 2. The van der Waals surface area contributed by atoms with Crippen molar-refractivity contribution in [3.05, 3.63) is 93.1 Å². The van der Waals surface area contributed by atoms with E-state index in [9.17, 15) is 14.0 Å². The maximum atomic E-state index is 13.1. The zero-order chi connectivity index (χ0) is 22.7. The summed E-state index contributed by atoms with van der Waals surface area (Å²) in [5.74, 6) is 0.243. The van der Waals surface area contributed by atoms with Gasteiger partial charge in [-0.05, 0) is 81.3 Å². The van der Waals surface area contributed by atoms with Gasteiger partial charge in [-0.25, -0.2) is 9.29 Å².